The number of benzene rings is 1. The van der Waals surface area contributed by atoms with Crippen molar-refractivity contribution in [3.63, 3.8) is 0 Å². The van der Waals surface area contributed by atoms with Crippen LogP contribution in [0.5, 0.6) is 0 Å². The summed E-state index contributed by atoms with van der Waals surface area (Å²) in [6.07, 6.45) is 2.72. The highest BCUT2D eigenvalue weighted by atomic mass is 32.2. The van der Waals surface area contributed by atoms with Gasteiger partial charge in [-0.15, -0.1) is 0 Å². The van der Waals surface area contributed by atoms with Crippen molar-refractivity contribution in [2.24, 2.45) is 10.7 Å². The molecule has 11 heteroatoms. The zero-order valence-corrected chi connectivity index (χ0v) is 16.6. The van der Waals surface area contributed by atoms with Crippen LogP contribution >= 0.6 is 0 Å². The molecule has 0 spiro atoms. The van der Waals surface area contributed by atoms with Gasteiger partial charge in [0.15, 0.2) is 15.7 Å². The van der Waals surface area contributed by atoms with Crippen molar-refractivity contribution in [3.05, 3.63) is 53.7 Å². The van der Waals surface area contributed by atoms with E-state index in [1.807, 2.05) is 6.07 Å². The zero-order chi connectivity index (χ0) is 21.5. The van der Waals surface area contributed by atoms with E-state index in [4.69, 9.17) is 11.0 Å². The van der Waals surface area contributed by atoms with Crippen molar-refractivity contribution in [2.75, 3.05) is 11.1 Å². The minimum atomic E-state index is -3.53. The van der Waals surface area contributed by atoms with Gasteiger partial charge in [0.05, 0.1) is 22.9 Å². The highest BCUT2D eigenvalue weighted by Gasteiger charge is 2.34. The molecule has 0 saturated carbocycles. The summed E-state index contributed by atoms with van der Waals surface area (Å²) in [6, 6.07) is 6.82. The summed E-state index contributed by atoms with van der Waals surface area (Å²) in [5, 5.41) is 11.2. The lowest BCUT2D eigenvalue weighted by Crippen LogP contribution is -2.40. The van der Waals surface area contributed by atoms with Crippen LogP contribution in [0.15, 0.2) is 41.8 Å². The lowest BCUT2D eigenvalue weighted by molar-refractivity contribution is 0.567. The fourth-order valence-corrected chi connectivity index (χ4v) is 4.55. The average molecular weight is 425 g/mol. The highest BCUT2D eigenvalue weighted by Crippen LogP contribution is 2.31. The van der Waals surface area contributed by atoms with Gasteiger partial charge in [0.2, 0.25) is 0 Å². The zero-order valence-electron chi connectivity index (χ0n) is 15.7. The van der Waals surface area contributed by atoms with Crippen molar-refractivity contribution in [3.8, 4) is 6.07 Å². The number of anilines is 2. The molecule has 0 amide bonds. The first kappa shape index (κ1) is 19.7. The van der Waals surface area contributed by atoms with E-state index in [9.17, 15) is 12.8 Å². The molecule has 3 N–H and O–H groups in total. The Morgan fingerprint density at radius 3 is 2.80 bits per heavy atom. The molecule has 2 atom stereocenters. The van der Waals surface area contributed by atoms with Crippen LogP contribution in [-0.2, 0) is 9.84 Å². The van der Waals surface area contributed by atoms with E-state index < -0.39 is 26.9 Å². The fraction of sp³-hybridized carbons (Fsp3) is 0.211. The van der Waals surface area contributed by atoms with Crippen molar-refractivity contribution in [1.82, 2.24) is 15.0 Å². The van der Waals surface area contributed by atoms with E-state index in [1.54, 1.807) is 6.07 Å². The number of aromatic nitrogens is 3. The minimum Gasteiger partial charge on any atom is -0.386 e. The number of rotatable bonds is 3. The number of nitrogens with one attached hydrogen (secondary N) is 1. The van der Waals surface area contributed by atoms with E-state index in [2.05, 4.69) is 25.3 Å². The number of amidine groups is 1. The molecule has 2 aromatic heterocycles. The third-order valence-corrected chi connectivity index (χ3v) is 6.97. The van der Waals surface area contributed by atoms with Gasteiger partial charge in [-0.1, -0.05) is 0 Å². The van der Waals surface area contributed by atoms with Gasteiger partial charge in [-0.2, -0.15) is 5.26 Å². The van der Waals surface area contributed by atoms with E-state index >= 15 is 0 Å². The summed E-state index contributed by atoms with van der Waals surface area (Å²) in [5.41, 5.74) is 7.59. The molecule has 0 unspecified atom stereocenters. The Morgan fingerprint density at radius 1 is 1.27 bits per heavy atom. The van der Waals surface area contributed by atoms with Gasteiger partial charge in [0, 0.05) is 17.4 Å². The topological polar surface area (TPSA) is 147 Å². The second-order valence-corrected chi connectivity index (χ2v) is 9.19. The third kappa shape index (κ3) is 3.53. The molecule has 1 aromatic carbocycles. The Morgan fingerprint density at radius 2 is 2.07 bits per heavy atom. The Labute approximate surface area is 171 Å². The number of nitrogens with two attached hydrogens (primary N) is 1. The molecule has 0 bridgehead atoms. The molecule has 1 aliphatic heterocycles. The maximum absolute atomic E-state index is 14.5. The van der Waals surface area contributed by atoms with E-state index in [0.717, 1.165) is 0 Å². The van der Waals surface area contributed by atoms with Crippen LogP contribution in [0.3, 0.4) is 0 Å². The number of aliphatic imine (C=N–C) groups is 1. The molecular formula is C19H16FN7O2S. The Bertz CT molecular complexity index is 1330. The molecule has 152 valence electrons. The molecular weight excluding hydrogens is 409 g/mol. The Balaban J connectivity index is 1.72. The molecule has 0 saturated heterocycles. The predicted molar refractivity (Wildman–Crippen MR) is 109 cm³/mol. The van der Waals surface area contributed by atoms with Gasteiger partial charge in [-0.05, 0) is 31.2 Å². The first-order valence-corrected chi connectivity index (χ1v) is 10.6. The largest absolute Gasteiger partial charge is 0.386 e. The summed E-state index contributed by atoms with van der Waals surface area (Å²) in [6.45, 7) is 1.46. The summed E-state index contributed by atoms with van der Waals surface area (Å²) in [5.74, 6) is -0.598. The SMILES string of the molecule is C[C@@H]1C(N)=N[C@H](c2cc(Nc3ncnc4cc(C#N)cnc34)ccc2F)CS1(=O)=O. The second kappa shape index (κ2) is 7.31. The summed E-state index contributed by atoms with van der Waals surface area (Å²) in [7, 11) is -3.53. The van der Waals surface area contributed by atoms with Gasteiger partial charge >= 0.3 is 0 Å². The van der Waals surface area contributed by atoms with Crippen LogP contribution in [0.4, 0.5) is 15.9 Å². The molecule has 3 aromatic rings. The van der Waals surface area contributed by atoms with Crippen LogP contribution in [0.2, 0.25) is 0 Å². The van der Waals surface area contributed by atoms with E-state index in [1.165, 1.54) is 37.6 Å². The maximum atomic E-state index is 14.5. The molecule has 4 rings (SSSR count). The number of halogens is 1. The molecule has 0 aliphatic carbocycles. The van der Waals surface area contributed by atoms with Crippen LogP contribution in [0.25, 0.3) is 11.0 Å². The number of pyridine rings is 1. The first-order chi connectivity index (χ1) is 14.3. The number of hydrogen-bond acceptors (Lipinski definition) is 9. The van der Waals surface area contributed by atoms with Crippen molar-refractivity contribution in [1.29, 1.82) is 5.26 Å². The quantitative estimate of drug-likeness (QED) is 0.647. The predicted octanol–water partition coefficient (Wildman–Crippen LogP) is 1.99. The molecule has 3 heterocycles. The summed E-state index contributed by atoms with van der Waals surface area (Å²) >= 11 is 0. The molecule has 30 heavy (non-hydrogen) atoms. The maximum Gasteiger partial charge on any atom is 0.162 e. The number of sulfone groups is 1. The molecule has 0 fully saturated rings. The number of fused-ring (bicyclic) bond motifs is 1. The van der Waals surface area contributed by atoms with Gasteiger partial charge in [0.1, 0.15) is 34.8 Å². The van der Waals surface area contributed by atoms with E-state index in [0.29, 0.717) is 28.1 Å². The van der Waals surface area contributed by atoms with Gasteiger partial charge in [-0.3, -0.25) is 4.99 Å². The molecule has 0 radical (unpaired) electrons. The second-order valence-electron chi connectivity index (χ2n) is 6.83. The van der Waals surface area contributed by atoms with Crippen LogP contribution in [0, 0.1) is 17.1 Å². The number of nitrogens with zero attached hydrogens (tertiary/aromatic N) is 5. The summed E-state index contributed by atoms with van der Waals surface area (Å²) in [4.78, 5) is 16.7. The number of hydrogen-bond donors (Lipinski definition) is 2. The van der Waals surface area contributed by atoms with Crippen LogP contribution in [-0.4, -0.2) is 40.2 Å². The molecule has 1 aliphatic rings. The molecule has 9 nitrogen and oxygen atoms in total. The van der Waals surface area contributed by atoms with E-state index in [-0.39, 0.29) is 17.2 Å². The first-order valence-electron chi connectivity index (χ1n) is 8.90. The van der Waals surface area contributed by atoms with Gasteiger partial charge in [-0.25, -0.2) is 27.8 Å². The Hall–Kier alpha value is -3.65. The van der Waals surface area contributed by atoms with Crippen molar-refractivity contribution in [2.45, 2.75) is 18.2 Å². The lowest BCUT2D eigenvalue weighted by atomic mass is 10.1. The fourth-order valence-electron chi connectivity index (χ4n) is 3.14. The minimum absolute atomic E-state index is 0.0386. The lowest BCUT2D eigenvalue weighted by Gasteiger charge is -2.24. The Kier molecular flexibility index (Phi) is 4.79. The summed E-state index contributed by atoms with van der Waals surface area (Å²) < 4.78 is 39.1. The third-order valence-electron chi connectivity index (χ3n) is 4.87. The highest BCUT2D eigenvalue weighted by molar-refractivity contribution is 7.92. The standard InChI is InChI=1S/C19H16FN7O2S/c1-10-18(22)27-16(8-30(10,28)29)13-5-12(2-3-14(13)20)26-19-17-15(24-9-25-19)4-11(6-21)7-23-17/h2-5,7,9-10,16H,8H2,1H3,(H2,22,27)(H,24,25,26)/t10-,16+/m1/s1. The monoisotopic (exact) mass is 425 g/mol. The number of nitriles is 1. The average Bonchev–Trinajstić information content (AvgIpc) is 2.72. The van der Waals surface area contributed by atoms with Gasteiger partial charge in [0.25, 0.3) is 0 Å². The van der Waals surface area contributed by atoms with Crippen molar-refractivity contribution >= 4 is 38.2 Å². The van der Waals surface area contributed by atoms with Gasteiger partial charge < -0.3 is 11.1 Å². The normalized spacial score (nSPS) is 20.4. The van der Waals surface area contributed by atoms with Crippen LogP contribution < -0.4 is 11.1 Å². The smallest absolute Gasteiger partial charge is 0.162 e. The van der Waals surface area contributed by atoms with Crippen LogP contribution in [0.1, 0.15) is 24.1 Å². The van der Waals surface area contributed by atoms with Crippen molar-refractivity contribution < 1.29 is 12.8 Å².